The number of carbonyl (C=O) groups excluding carboxylic acids is 2. The van der Waals surface area contributed by atoms with Gasteiger partial charge in [0.15, 0.2) is 9.84 Å². The number of carbonyl (C=O) groups is 2. The summed E-state index contributed by atoms with van der Waals surface area (Å²) in [6.45, 7) is 3.73. The first-order valence-corrected chi connectivity index (χ1v) is 14.5. The largest absolute Gasteiger partial charge is 0.403 e. The molecule has 204 valence electrons. The number of aryl methyl sites for hydroxylation is 4. The van der Waals surface area contributed by atoms with Gasteiger partial charge in [0.1, 0.15) is 5.56 Å². The number of nitrogens with zero attached hydrogens (tertiary/aromatic N) is 6. The minimum atomic E-state index is -3.68. The topological polar surface area (TPSA) is 131 Å². The quantitative estimate of drug-likeness (QED) is 0.233. The third-order valence-electron chi connectivity index (χ3n) is 6.60. The molecule has 0 spiro atoms. The molecule has 0 aliphatic heterocycles. The van der Waals surface area contributed by atoms with Crippen LogP contribution in [0.4, 0.5) is 0 Å². The summed E-state index contributed by atoms with van der Waals surface area (Å²) in [7, 11) is -0.412. The van der Waals surface area contributed by atoms with Crippen LogP contribution in [0.5, 0.6) is 5.88 Å². The van der Waals surface area contributed by atoms with Crippen molar-refractivity contribution in [3.63, 3.8) is 0 Å². The van der Waals surface area contributed by atoms with Gasteiger partial charge in [0.2, 0.25) is 11.7 Å². The van der Waals surface area contributed by atoms with Gasteiger partial charge in [-0.25, -0.2) is 17.9 Å². The van der Waals surface area contributed by atoms with Crippen LogP contribution in [0.15, 0.2) is 35.5 Å². The number of ether oxygens (including phenoxy) is 1. The molecule has 13 heteroatoms. The molecule has 3 aromatic heterocycles. The Kier molecular flexibility index (Phi) is 6.71. The normalized spacial score (nSPS) is 13.6. The van der Waals surface area contributed by atoms with Crippen molar-refractivity contribution in [3.8, 4) is 5.88 Å². The van der Waals surface area contributed by atoms with Crippen molar-refractivity contribution in [3.05, 3.63) is 75.0 Å². The van der Waals surface area contributed by atoms with Gasteiger partial charge < -0.3 is 4.74 Å². The summed E-state index contributed by atoms with van der Waals surface area (Å²) in [5, 5.41) is 12.9. The monoisotopic (exact) mass is 570 g/mol. The molecule has 0 bridgehead atoms. The van der Waals surface area contributed by atoms with E-state index < -0.39 is 21.6 Å². The molecule has 0 unspecified atom stereocenters. The summed E-state index contributed by atoms with van der Waals surface area (Å²) in [5.74, 6) is -1.17. The van der Waals surface area contributed by atoms with Gasteiger partial charge in [-0.15, -0.1) is 0 Å². The lowest BCUT2D eigenvalue weighted by Crippen LogP contribution is -2.15. The van der Waals surface area contributed by atoms with Gasteiger partial charge in [0.25, 0.3) is 0 Å². The SMILES string of the molecule is Cc1cc(C)n(Cc2c(S(C)(=O)=O)ccc(C(=O)c3c(C4CC4)nn(C)c3OC(=O)c3cnn(C)c3)c2Cl)n1. The van der Waals surface area contributed by atoms with Gasteiger partial charge in [-0.2, -0.15) is 15.3 Å². The van der Waals surface area contributed by atoms with Crippen LogP contribution in [0.2, 0.25) is 5.02 Å². The molecule has 1 aromatic carbocycles. The smallest absolute Gasteiger partial charge is 0.348 e. The number of aromatic nitrogens is 6. The molecule has 1 aliphatic carbocycles. The maximum atomic E-state index is 14.1. The van der Waals surface area contributed by atoms with Gasteiger partial charge in [0, 0.05) is 49.3 Å². The number of halogens is 1. The Hall–Kier alpha value is -3.77. The minimum absolute atomic E-state index is 0.00781. The van der Waals surface area contributed by atoms with Crippen molar-refractivity contribution >= 4 is 33.2 Å². The number of hydrogen-bond acceptors (Lipinski definition) is 8. The van der Waals surface area contributed by atoms with E-state index in [0.29, 0.717) is 5.69 Å². The molecule has 1 aliphatic rings. The molecule has 39 heavy (non-hydrogen) atoms. The third-order valence-corrected chi connectivity index (χ3v) is 8.21. The van der Waals surface area contributed by atoms with Crippen LogP contribution >= 0.6 is 11.6 Å². The van der Waals surface area contributed by atoms with Crippen molar-refractivity contribution < 1.29 is 22.7 Å². The highest BCUT2D eigenvalue weighted by atomic mass is 35.5. The van der Waals surface area contributed by atoms with E-state index in [9.17, 15) is 18.0 Å². The predicted octanol–water partition coefficient (Wildman–Crippen LogP) is 3.40. The van der Waals surface area contributed by atoms with E-state index in [2.05, 4.69) is 15.3 Å². The first kappa shape index (κ1) is 26.8. The van der Waals surface area contributed by atoms with Gasteiger partial charge in [-0.05, 0) is 44.9 Å². The Labute approximate surface area is 230 Å². The maximum Gasteiger partial charge on any atom is 0.348 e. The van der Waals surface area contributed by atoms with Gasteiger partial charge in [-0.3, -0.25) is 14.2 Å². The first-order chi connectivity index (χ1) is 18.3. The van der Waals surface area contributed by atoms with Crippen LogP contribution in [0.3, 0.4) is 0 Å². The molecule has 0 atom stereocenters. The van der Waals surface area contributed by atoms with Gasteiger partial charge >= 0.3 is 5.97 Å². The zero-order chi connectivity index (χ0) is 28.2. The van der Waals surface area contributed by atoms with Crippen LogP contribution < -0.4 is 4.74 Å². The molecule has 1 fully saturated rings. The Bertz CT molecular complexity index is 1750. The average molecular weight is 571 g/mol. The number of benzene rings is 1. The second kappa shape index (κ2) is 9.76. The Morgan fingerprint density at radius 2 is 1.87 bits per heavy atom. The lowest BCUT2D eigenvalue weighted by atomic mass is 9.99. The fourth-order valence-corrected chi connectivity index (χ4v) is 5.86. The van der Waals surface area contributed by atoms with Gasteiger partial charge in [-0.1, -0.05) is 11.6 Å². The van der Waals surface area contributed by atoms with Crippen molar-refractivity contribution in [1.82, 2.24) is 29.3 Å². The molecule has 11 nitrogen and oxygen atoms in total. The second-order valence-electron chi connectivity index (χ2n) is 9.85. The maximum absolute atomic E-state index is 14.1. The van der Waals surface area contributed by atoms with E-state index in [-0.39, 0.29) is 50.5 Å². The Morgan fingerprint density at radius 1 is 1.15 bits per heavy atom. The molecule has 5 rings (SSSR count). The van der Waals surface area contributed by atoms with E-state index in [4.69, 9.17) is 16.3 Å². The molecular weight excluding hydrogens is 544 g/mol. The summed E-state index contributed by atoms with van der Waals surface area (Å²) in [4.78, 5) is 27.0. The summed E-state index contributed by atoms with van der Waals surface area (Å²) >= 11 is 6.81. The molecule has 0 radical (unpaired) electrons. The summed E-state index contributed by atoms with van der Waals surface area (Å²) < 4.78 is 35.5. The molecule has 4 aromatic rings. The molecular formula is C26H27ClN6O5S. The number of rotatable bonds is 8. The van der Waals surface area contributed by atoms with E-state index in [1.807, 2.05) is 19.9 Å². The van der Waals surface area contributed by atoms with Crippen LogP contribution in [0.1, 0.15) is 67.7 Å². The first-order valence-electron chi connectivity index (χ1n) is 12.2. The van der Waals surface area contributed by atoms with E-state index >= 15 is 0 Å². The number of hydrogen-bond donors (Lipinski definition) is 0. The number of ketones is 1. The van der Waals surface area contributed by atoms with Crippen LogP contribution in [-0.4, -0.2) is 55.8 Å². The summed E-state index contributed by atoms with van der Waals surface area (Å²) in [6.07, 6.45) is 5.66. The summed E-state index contributed by atoms with van der Waals surface area (Å²) in [6, 6.07) is 4.63. The fourth-order valence-electron chi connectivity index (χ4n) is 4.57. The van der Waals surface area contributed by atoms with Crippen LogP contribution in [-0.2, 0) is 30.5 Å². The highest BCUT2D eigenvalue weighted by Crippen LogP contribution is 2.44. The number of sulfone groups is 1. The van der Waals surface area contributed by atoms with E-state index in [1.165, 1.54) is 33.9 Å². The van der Waals surface area contributed by atoms with Crippen LogP contribution in [0.25, 0.3) is 0 Å². The van der Waals surface area contributed by atoms with E-state index in [0.717, 1.165) is 30.5 Å². The molecule has 0 N–H and O–H groups in total. The summed E-state index contributed by atoms with van der Waals surface area (Å²) in [5.41, 5.74) is 2.76. The number of esters is 1. The van der Waals surface area contributed by atoms with Crippen molar-refractivity contribution in [1.29, 1.82) is 0 Å². The molecule has 0 saturated heterocycles. The average Bonchev–Trinajstić information content (AvgIpc) is 3.41. The van der Waals surface area contributed by atoms with Crippen molar-refractivity contribution in [2.24, 2.45) is 14.1 Å². The molecule has 1 saturated carbocycles. The Morgan fingerprint density at radius 3 is 2.44 bits per heavy atom. The predicted molar refractivity (Wildman–Crippen MR) is 142 cm³/mol. The highest BCUT2D eigenvalue weighted by molar-refractivity contribution is 7.90. The standard InChI is InChI=1S/C26H27ClN6O5S/c1-14-10-15(2)33(29-14)13-19-20(39(5,36)37)9-8-18(22(19)27)24(34)21-23(16-6-7-16)30-32(4)25(21)38-26(35)17-11-28-31(3)12-17/h8-12,16H,6-7,13H2,1-5H3. The lowest BCUT2D eigenvalue weighted by molar-refractivity contribution is 0.0718. The minimum Gasteiger partial charge on any atom is -0.403 e. The highest BCUT2D eigenvalue weighted by Gasteiger charge is 2.37. The zero-order valence-electron chi connectivity index (χ0n) is 22.1. The third kappa shape index (κ3) is 5.13. The van der Waals surface area contributed by atoms with E-state index in [1.54, 1.807) is 18.8 Å². The van der Waals surface area contributed by atoms with Crippen molar-refractivity contribution in [2.45, 2.75) is 44.0 Å². The lowest BCUT2D eigenvalue weighted by Gasteiger charge is -2.15. The van der Waals surface area contributed by atoms with Gasteiger partial charge in [0.05, 0.1) is 39.6 Å². The molecule has 3 heterocycles. The molecule has 0 amide bonds. The van der Waals surface area contributed by atoms with Crippen LogP contribution in [0, 0.1) is 13.8 Å². The Balaban J connectivity index is 1.62. The fraction of sp³-hybridized carbons (Fsp3) is 0.346. The second-order valence-corrected chi connectivity index (χ2v) is 12.2. The zero-order valence-corrected chi connectivity index (χ0v) is 23.7. The van der Waals surface area contributed by atoms with Crippen molar-refractivity contribution in [2.75, 3.05) is 6.26 Å².